The lowest BCUT2D eigenvalue weighted by atomic mass is 10.2. The van der Waals surface area contributed by atoms with Gasteiger partial charge < -0.3 is 9.84 Å². The monoisotopic (exact) mass is 366 g/mol. The Balaban J connectivity index is 2.38. The molecule has 0 bridgehead atoms. The number of rotatable bonds is 3. The molecule has 0 aliphatic carbocycles. The minimum atomic E-state index is -1.08. The van der Waals surface area contributed by atoms with Crippen LogP contribution in [-0.2, 0) is 0 Å². The van der Waals surface area contributed by atoms with Gasteiger partial charge in [-0.15, -0.1) is 0 Å². The first kappa shape index (κ1) is 13.3. The van der Waals surface area contributed by atoms with Crippen LogP contribution >= 0.6 is 22.6 Å². The molecule has 1 N–H and O–H groups in total. The van der Waals surface area contributed by atoms with Gasteiger partial charge in [0, 0.05) is 9.64 Å². The Morgan fingerprint density at radius 1 is 1.37 bits per heavy atom. The molecule has 1 aromatic carbocycles. The predicted molar refractivity (Wildman–Crippen MR) is 75.1 cm³/mol. The molecule has 0 unspecified atom stereocenters. The maximum absolute atomic E-state index is 11.1. The van der Waals surface area contributed by atoms with E-state index in [2.05, 4.69) is 4.98 Å². The maximum atomic E-state index is 11.1. The van der Waals surface area contributed by atoms with Gasteiger partial charge in [0.2, 0.25) is 5.88 Å². The molecule has 0 aliphatic heterocycles. The number of ether oxygens (including phenoxy) is 1. The predicted octanol–water partition coefficient (Wildman–Crippen LogP) is 3.05. The van der Waals surface area contributed by atoms with Gasteiger partial charge in [-0.05, 0) is 46.9 Å². The van der Waals surface area contributed by atoms with E-state index in [9.17, 15) is 4.79 Å². The number of hydrogen-bond donors (Lipinski definition) is 1. The molecule has 0 saturated carbocycles. The average molecular weight is 366 g/mol. The molecule has 1 aromatic heterocycles. The summed E-state index contributed by atoms with van der Waals surface area (Å²) in [5, 5.41) is 17.9. The van der Waals surface area contributed by atoms with E-state index in [-0.39, 0.29) is 22.9 Å². The third-order valence-electron chi connectivity index (χ3n) is 2.22. The molecule has 19 heavy (non-hydrogen) atoms. The van der Waals surface area contributed by atoms with Gasteiger partial charge in [-0.25, -0.2) is 9.78 Å². The van der Waals surface area contributed by atoms with E-state index in [0.29, 0.717) is 0 Å². The molecular weight excluding hydrogens is 359 g/mol. The van der Waals surface area contributed by atoms with Crippen LogP contribution in [-0.4, -0.2) is 16.1 Å². The number of carboxylic acids is 1. The van der Waals surface area contributed by atoms with Crippen molar-refractivity contribution in [3.05, 3.63) is 51.2 Å². The lowest BCUT2D eigenvalue weighted by Crippen LogP contribution is -2.01. The van der Waals surface area contributed by atoms with Crippen molar-refractivity contribution in [1.82, 2.24) is 4.98 Å². The number of aromatic nitrogens is 1. The maximum Gasteiger partial charge on any atom is 0.339 e. The quantitative estimate of drug-likeness (QED) is 0.845. The molecule has 0 fully saturated rings. The molecule has 0 amide bonds. The third kappa shape index (κ3) is 3.20. The molecule has 94 valence electrons. The second-order valence-electron chi connectivity index (χ2n) is 3.52. The Morgan fingerprint density at radius 2 is 2.16 bits per heavy atom. The summed E-state index contributed by atoms with van der Waals surface area (Å²) in [6.45, 7) is 0. The van der Waals surface area contributed by atoms with E-state index in [0.717, 1.165) is 3.57 Å². The number of hydrogen-bond acceptors (Lipinski definition) is 4. The van der Waals surface area contributed by atoms with Crippen LogP contribution in [0, 0.1) is 14.9 Å². The van der Waals surface area contributed by atoms with Gasteiger partial charge in [-0.1, -0.05) is 6.07 Å². The van der Waals surface area contributed by atoms with E-state index in [1.807, 2.05) is 28.7 Å². The fraction of sp³-hybridized carbons (Fsp3) is 0. The van der Waals surface area contributed by atoms with Crippen LogP contribution in [0.4, 0.5) is 0 Å². The van der Waals surface area contributed by atoms with Crippen LogP contribution in [0.15, 0.2) is 36.4 Å². The van der Waals surface area contributed by atoms with E-state index in [1.165, 1.54) is 6.07 Å². The Kier molecular flexibility index (Phi) is 3.97. The number of pyridine rings is 1. The fourth-order valence-electron chi connectivity index (χ4n) is 1.40. The van der Waals surface area contributed by atoms with Crippen molar-refractivity contribution >= 4 is 28.6 Å². The summed E-state index contributed by atoms with van der Waals surface area (Å²) in [5.74, 6) is -0.705. The molecule has 1 heterocycles. The average Bonchev–Trinajstić information content (AvgIpc) is 2.41. The zero-order chi connectivity index (χ0) is 13.8. The van der Waals surface area contributed by atoms with Crippen molar-refractivity contribution in [2.24, 2.45) is 0 Å². The van der Waals surface area contributed by atoms with Crippen molar-refractivity contribution in [3.8, 4) is 17.7 Å². The van der Waals surface area contributed by atoms with Crippen LogP contribution in [0.5, 0.6) is 11.6 Å². The lowest BCUT2D eigenvalue weighted by Gasteiger charge is -2.08. The van der Waals surface area contributed by atoms with Gasteiger partial charge in [0.15, 0.2) is 0 Å². The van der Waals surface area contributed by atoms with Gasteiger partial charge in [0.05, 0.1) is 0 Å². The molecule has 6 heteroatoms. The summed E-state index contributed by atoms with van der Waals surface area (Å²) in [7, 11) is 0. The Bertz CT molecular complexity index is 680. The van der Waals surface area contributed by atoms with Crippen molar-refractivity contribution in [3.63, 3.8) is 0 Å². The molecule has 2 rings (SSSR count). The zero-order valence-electron chi connectivity index (χ0n) is 9.50. The van der Waals surface area contributed by atoms with Gasteiger partial charge in [0.1, 0.15) is 23.1 Å². The van der Waals surface area contributed by atoms with E-state index in [1.54, 1.807) is 30.3 Å². The first-order valence-electron chi connectivity index (χ1n) is 5.18. The highest BCUT2D eigenvalue weighted by molar-refractivity contribution is 14.1. The second-order valence-corrected chi connectivity index (χ2v) is 4.77. The highest BCUT2D eigenvalue weighted by Gasteiger charge is 2.13. The van der Waals surface area contributed by atoms with E-state index < -0.39 is 5.97 Å². The van der Waals surface area contributed by atoms with Gasteiger partial charge in [-0.2, -0.15) is 5.26 Å². The minimum absolute atomic E-state index is 0.0519. The Hall–Kier alpha value is -2.14. The highest BCUT2D eigenvalue weighted by atomic mass is 127. The molecule has 0 spiro atoms. The summed E-state index contributed by atoms with van der Waals surface area (Å²) < 4.78 is 6.21. The topological polar surface area (TPSA) is 83.2 Å². The number of carboxylic acid groups (broad SMARTS) is 1. The number of benzene rings is 1. The summed E-state index contributed by atoms with van der Waals surface area (Å²) in [6, 6.07) is 11.4. The lowest BCUT2D eigenvalue weighted by molar-refractivity contribution is 0.0694. The van der Waals surface area contributed by atoms with Gasteiger partial charge in [0.25, 0.3) is 0 Å². The van der Waals surface area contributed by atoms with Crippen molar-refractivity contribution < 1.29 is 14.6 Å². The molecule has 0 aliphatic rings. The number of halogens is 1. The third-order valence-corrected chi connectivity index (χ3v) is 2.90. The molecular formula is C13H7IN2O3. The molecule has 5 nitrogen and oxygen atoms in total. The SMILES string of the molecule is N#Cc1cccc(Oc2ccc(I)cc2C(=O)O)n1. The summed E-state index contributed by atoms with van der Waals surface area (Å²) in [5.41, 5.74) is 0.260. The number of aromatic carboxylic acids is 1. The molecule has 0 atom stereocenters. The normalized spacial score (nSPS) is 9.68. The van der Waals surface area contributed by atoms with Crippen LogP contribution in [0.2, 0.25) is 0 Å². The van der Waals surface area contributed by atoms with Gasteiger partial charge >= 0.3 is 5.97 Å². The second kappa shape index (κ2) is 5.67. The van der Waals surface area contributed by atoms with Crippen molar-refractivity contribution in [1.29, 1.82) is 5.26 Å². The van der Waals surface area contributed by atoms with E-state index >= 15 is 0 Å². The van der Waals surface area contributed by atoms with Gasteiger partial charge in [-0.3, -0.25) is 0 Å². The summed E-state index contributed by atoms with van der Waals surface area (Å²) >= 11 is 2.02. The molecule has 2 aromatic rings. The molecule has 0 radical (unpaired) electrons. The highest BCUT2D eigenvalue weighted by Crippen LogP contribution is 2.26. The van der Waals surface area contributed by atoms with Crippen LogP contribution in [0.1, 0.15) is 16.1 Å². The zero-order valence-corrected chi connectivity index (χ0v) is 11.7. The Labute approximate surface area is 122 Å². The smallest absolute Gasteiger partial charge is 0.339 e. The number of nitrogens with zero attached hydrogens (tertiary/aromatic N) is 2. The van der Waals surface area contributed by atoms with Crippen LogP contribution in [0.25, 0.3) is 0 Å². The first-order valence-corrected chi connectivity index (χ1v) is 6.26. The van der Waals surface area contributed by atoms with Crippen molar-refractivity contribution in [2.75, 3.05) is 0 Å². The van der Waals surface area contributed by atoms with Crippen LogP contribution < -0.4 is 4.74 Å². The largest absolute Gasteiger partial charge is 0.478 e. The minimum Gasteiger partial charge on any atom is -0.478 e. The van der Waals surface area contributed by atoms with Crippen molar-refractivity contribution in [2.45, 2.75) is 0 Å². The molecule has 0 saturated heterocycles. The number of nitriles is 1. The standard InChI is InChI=1S/C13H7IN2O3/c14-8-4-5-11(10(6-8)13(17)18)19-12-3-1-2-9(7-15)16-12/h1-6H,(H,17,18). The van der Waals surface area contributed by atoms with Crippen LogP contribution in [0.3, 0.4) is 0 Å². The number of carbonyl (C=O) groups is 1. The fourth-order valence-corrected chi connectivity index (χ4v) is 1.90. The van der Waals surface area contributed by atoms with E-state index in [4.69, 9.17) is 15.1 Å². The Morgan fingerprint density at radius 3 is 2.84 bits per heavy atom. The summed E-state index contributed by atoms with van der Waals surface area (Å²) in [6.07, 6.45) is 0. The first-order chi connectivity index (χ1) is 9.10. The summed E-state index contributed by atoms with van der Waals surface area (Å²) in [4.78, 5) is 15.1.